The van der Waals surface area contributed by atoms with Gasteiger partial charge in [0.05, 0.1) is 11.1 Å². The molecule has 1 heterocycles. The minimum absolute atomic E-state index is 0.138. The minimum Gasteiger partial charge on any atom is -0.454 e. The molecule has 54 heavy (non-hydrogen) atoms. The van der Waals surface area contributed by atoms with E-state index in [1.165, 1.54) is 55.6 Å². The number of furan rings is 1. The van der Waals surface area contributed by atoms with Gasteiger partial charge in [0.2, 0.25) is 0 Å². The molecule has 0 atom stereocenters. The van der Waals surface area contributed by atoms with Gasteiger partial charge in [-0.05, 0) is 92.0 Å². The Balaban J connectivity index is 1.19. The van der Waals surface area contributed by atoms with Crippen LogP contribution in [-0.4, -0.2) is 0 Å². The van der Waals surface area contributed by atoms with Crippen LogP contribution in [-0.2, 0) is 10.8 Å². The van der Waals surface area contributed by atoms with Crippen molar-refractivity contribution in [2.24, 2.45) is 0 Å². The summed E-state index contributed by atoms with van der Waals surface area (Å²) < 4.78 is 6.75. The van der Waals surface area contributed by atoms with Crippen LogP contribution in [0.3, 0.4) is 0 Å². The summed E-state index contributed by atoms with van der Waals surface area (Å²) in [5.41, 5.74) is 17.3. The maximum Gasteiger partial charge on any atom is 0.159 e. The molecule has 9 aromatic rings. The van der Waals surface area contributed by atoms with E-state index in [-0.39, 0.29) is 5.41 Å². The number of para-hydroxylation sites is 2. The van der Waals surface area contributed by atoms with Crippen molar-refractivity contribution >= 4 is 39.0 Å². The van der Waals surface area contributed by atoms with Crippen molar-refractivity contribution in [2.45, 2.75) is 24.7 Å². The number of hydrogen-bond acceptors (Lipinski definition) is 2. The Kier molecular flexibility index (Phi) is 6.55. The molecular formula is C52H37NO. The normalized spacial score (nSPS) is 14.4. The second-order valence-electron chi connectivity index (χ2n) is 15.2. The largest absolute Gasteiger partial charge is 0.454 e. The minimum atomic E-state index is -0.458. The first-order valence-corrected chi connectivity index (χ1v) is 18.9. The number of anilines is 3. The second-order valence-corrected chi connectivity index (χ2v) is 15.2. The van der Waals surface area contributed by atoms with Crippen LogP contribution in [0.2, 0.25) is 0 Å². The summed E-state index contributed by atoms with van der Waals surface area (Å²) in [4.78, 5) is 2.41. The number of rotatable bonds is 5. The second kappa shape index (κ2) is 11.4. The van der Waals surface area contributed by atoms with E-state index >= 15 is 0 Å². The molecule has 1 aromatic heterocycles. The molecule has 8 aromatic carbocycles. The number of nitrogens with zero attached hydrogens (tertiary/aromatic N) is 1. The van der Waals surface area contributed by atoms with Gasteiger partial charge in [0, 0.05) is 27.6 Å². The molecule has 0 amide bonds. The molecule has 0 bridgehead atoms. The van der Waals surface area contributed by atoms with Crippen LogP contribution in [0.15, 0.2) is 192 Å². The molecule has 2 nitrogen and oxygen atoms in total. The lowest BCUT2D eigenvalue weighted by molar-refractivity contribution is 0.660. The van der Waals surface area contributed by atoms with Gasteiger partial charge < -0.3 is 9.32 Å². The first kappa shape index (κ1) is 30.9. The zero-order valence-electron chi connectivity index (χ0n) is 30.3. The van der Waals surface area contributed by atoms with Gasteiger partial charge in [-0.15, -0.1) is 0 Å². The Morgan fingerprint density at radius 3 is 1.72 bits per heavy atom. The highest BCUT2D eigenvalue weighted by atomic mass is 16.3. The van der Waals surface area contributed by atoms with Crippen molar-refractivity contribution in [1.82, 2.24) is 0 Å². The van der Waals surface area contributed by atoms with E-state index in [2.05, 4.69) is 201 Å². The summed E-state index contributed by atoms with van der Waals surface area (Å²) >= 11 is 0. The monoisotopic (exact) mass is 691 g/mol. The molecule has 11 rings (SSSR count). The standard InChI is InChI=1S/C52H37NO/c1-51(2)44-24-12-9-20-38(44)40-30-28-37(33-47(40)51)53(48-26-15-23-42-41-22-11-14-27-49(41)54-50(42)48)36-29-31-46-43(32-36)39-21-10-13-25-45(39)52(46,34-16-5-3-6-17-34)35-18-7-4-8-19-35/h3-33H,1-2H3. The fourth-order valence-electron chi connectivity index (χ4n) is 9.74. The molecule has 0 unspecified atom stereocenters. The summed E-state index contributed by atoms with van der Waals surface area (Å²) in [6, 6.07) is 68.9. The first-order chi connectivity index (χ1) is 26.5. The highest BCUT2D eigenvalue weighted by Crippen LogP contribution is 2.58. The molecule has 0 aliphatic heterocycles. The van der Waals surface area contributed by atoms with E-state index in [4.69, 9.17) is 4.42 Å². The zero-order chi connectivity index (χ0) is 36.0. The van der Waals surface area contributed by atoms with Crippen LogP contribution in [0.25, 0.3) is 44.2 Å². The van der Waals surface area contributed by atoms with Gasteiger partial charge in [0.25, 0.3) is 0 Å². The van der Waals surface area contributed by atoms with Crippen molar-refractivity contribution in [1.29, 1.82) is 0 Å². The third-order valence-electron chi connectivity index (χ3n) is 12.1. The highest BCUT2D eigenvalue weighted by molar-refractivity contribution is 6.10. The van der Waals surface area contributed by atoms with E-state index in [9.17, 15) is 0 Å². The Morgan fingerprint density at radius 1 is 0.407 bits per heavy atom. The van der Waals surface area contributed by atoms with Crippen molar-refractivity contribution in [3.8, 4) is 22.3 Å². The molecule has 0 radical (unpaired) electrons. The molecular weight excluding hydrogens is 655 g/mol. The Morgan fingerprint density at radius 2 is 0.963 bits per heavy atom. The molecule has 2 aliphatic rings. The fraction of sp³-hybridized carbons (Fsp3) is 0.0769. The summed E-state index contributed by atoms with van der Waals surface area (Å²) in [6.07, 6.45) is 0. The van der Waals surface area contributed by atoms with Gasteiger partial charge in [-0.1, -0.05) is 166 Å². The van der Waals surface area contributed by atoms with Gasteiger partial charge in [0.15, 0.2) is 5.58 Å². The van der Waals surface area contributed by atoms with Gasteiger partial charge in [-0.2, -0.15) is 0 Å². The van der Waals surface area contributed by atoms with Gasteiger partial charge >= 0.3 is 0 Å². The molecule has 0 fully saturated rings. The molecule has 256 valence electrons. The van der Waals surface area contributed by atoms with Crippen LogP contribution in [0.4, 0.5) is 17.1 Å². The lowest BCUT2D eigenvalue weighted by atomic mass is 9.68. The quantitative estimate of drug-likeness (QED) is 0.179. The Labute approximate surface area is 315 Å². The topological polar surface area (TPSA) is 16.4 Å². The van der Waals surface area contributed by atoms with Gasteiger partial charge in [-0.25, -0.2) is 0 Å². The molecule has 2 aliphatic carbocycles. The summed E-state index contributed by atoms with van der Waals surface area (Å²) in [5.74, 6) is 0. The van der Waals surface area contributed by atoms with E-state index in [0.29, 0.717) is 0 Å². The van der Waals surface area contributed by atoms with E-state index < -0.39 is 5.41 Å². The van der Waals surface area contributed by atoms with Crippen LogP contribution in [0.5, 0.6) is 0 Å². The van der Waals surface area contributed by atoms with Crippen LogP contribution < -0.4 is 4.90 Å². The summed E-state index contributed by atoms with van der Waals surface area (Å²) in [6.45, 7) is 4.70. The van der Waals surface area contributed by atoms with E-state index in [0.717, 1.165) is 39.0 Å². The lowest BCUT2D eigenvalue weighted by Crippen LogP contribution is -2.28. The fourth-order valence-corrected chi connectivity index (χ4v) is 9.74. The van der Waals surface area contributed by atoms with Crippen LogP contribution in [0, 0.1) is 0 Å². The van der Waals surface area contributed by atoms with Crippen LogP contribution in [0.1, 0.15) is 47.2 Å². The average Bonchev–Trinajstić information content (AvgIpc) is 3.83. The zero-order valence-corrected chi connectivity index (χ0v) is 30.3. The summed E-state index contributed by atoms with van der Waals surface area (Å²) in [7, 11) is 0. The first-order valence-electron chi connectivity index (χ1n) is 18.9. The average molecular weight is 692 g/mol. The number of hydrogen-bond donors (Lipinski definition) is 0. The van der Waals surface area contributed by atoms with Crippen molar-refractivity contribution < 1.29 is 4.42 Å². The maximum absolute atomic E-state index is 6.75. The van der Waals surface area contributed by atoms with Gasteiger partial charge in [0.1, 0.15) is 5.58 Å². The third-order valence-corrected chi connectivity index (χ3v) is 12.1. The SMILES string of the molecule is CC1(C)c2ccccc2-c2ccc(N(c3ccc4c(c3)-c3ccccc3C4(c3ccccc3)c3ccccc3)c3cccc4c3oc3ccccc34)cc21. The van der Waals surface area contributed by atoms with E-state index in [1.54, 1.807) is 0 Å². The molecule has 0 spiro atoms. The number of fused-ring (bicyclic) bond motifs is 9. The maximum atomic E-state index is 6.75. The lowest BCUT2D eigenvalue weighted by Gasteiger charge is -2.34. The van der Waals surface area contributed by atoms with Crippen LogP contribution >= 0.6 is 0 Å². The predicted octanol–water partition coefficient (Wildman–Crippen LogP) is 13.7. The van der Waals surface area contributed by atoms with Crippen molar-refractivity contribution in [2.75, 3.05) is 4.90 Å². The summed E-state index contributed by atoms with van der Waals surface area (Å²) in [5, 5.41) is 2.24. The third kappa shape index (κ3) is 4.17. The predicted molar refractivity (Wildman–Crippen MR) is 223 cm³/mol. The van der Waals surface area contributed by atoms with E-state index in [1.807, 2.05) is 6.07 Å². The Hall–Kier alpha value is -6.64. The van der Waals surface area contributed by atoms with Crippen molar-refractivity contribution in [3.63, 3.8) is 0 Å². The smallest absolute Gasteiger partial charge is 0.159 e. The molecule has 0 saturated heterocycles. The number of benzene rings is 8. The van der Waals surface area contributed by atoms with Crippen molar-refractivity contribution in [3.05, 3.63) is 221 Å². The Bertz CT molecular complexity index is 2880. The molecule has 0 saturated carbocycles. The van der Waals surface area contributed by atoms with Gasteiger partial charge in [-0.3, -0.25) is 0 Å². The molecule has 0 N–H and O–H groups in total. The highest BCUT2D eigenvalue weighted by Gasteiger charge is 2.46. The molecule has 2 heteroatoms.